The Balaban J connectivity index is 2.42. The Kier molecular flexibility index (Phi) is 6.23. The molecule has 0 aliphatic carbocycles. The van der Waals surface area contributed by atoms with E-state index in [1.165, 1.54) is 6.42 Å². The van der Waals surface area contributed by atoms with Crippen LogP contribution in [0, 0.1) is 0 Å². The van der Waals surface area contributed by atoms with Crippen LogP contribution in [-0.2, 0) is 9.53 Å². The number of ether oxygens (including phenoxy) is 1. The van der Waals surface area contributed by atoms with Gasteiger partial charge in [-0.1, -0.05) is 6.92 Å². The normalized spacial score (nSPS) is 22.8. The van der Waals surface area contributed by atoms with E-state index in [0.717, 1.165) is 26.2 Å². The third-order valence-corrected chi connectivity index (χ3v) is 3.91. The van der Waals surface area contributed by atoms with Crippen LogP contribution >= 0.6 is 0 Å². The monoisotopic (exact) mass is 271 g/mol. The van der Waals surface area contributed by atoms with Crippen LogP contribution in [0.2, 0.25) is 0 Å². The molecule has 2 N–H and O–H groups in total. The molecule has 19 heavy (non-hydrogen) atoms. The van der Waals surface area contributed by atoms with Crippen molar-refractivity contribution in [2.24, 2.45) is 5.73 Å². The number of hydrogen-bond acceptors (Lipinski definition) is 5. The molecule has 0 spiro atoms. The minimum Gasteiger partial charge on any atom is -0.465 e. The standard InChI is InChI=1S/C14H29N3O2/c1-5-12(3)17-9-7-16(8-10-17)11-14(4,15)13(18)19-6-2/h12H,5-11,15H2,1-4H3. The van der Waals surface area contributed by atoms with Crippen molar-refractivity contribution in [3.8, 4) is 0 Å². The topological polar surface area (TPSA) is 58.8 Å². The first-order valence-corrected chi connectivity index (χ1v) is 7.33. The molecule has 0 bridgehead atoms. The zero-order chi connectivity index (χ0) is 14.5. The highest BCUT2D eigenvalue weighted by Crippen LogP contribution is 2.12. The van der Waals surface area contributed by atoms with Gasteiger partial charge in [0.25, 0.3) is 0 Å². The lowest BCUT2D eigenvalue weighted by atomic mass is 10.0. The molecular formula is C14H29N3O2. The molecule has 2 unspecified atom stereocenters. The summed E-state index contributed by atoms with van der Waals surface area (Å²) in [7, 11) is 0. The Hall–Kier alpha value is -0.650. The first-order chi connectivity index (χ1) is 8.90. The summed E-state index contributed by atoms with van der Waals surface area (Å²) >= 11 is 0. The molecule has 5 nitrogen and oxygen atoms in total. The molecule has 0 saturated carbocycles. The van der Waals surface area contributed by atoms with E-state index >= 15 is 0 Å². The maximum Gasteiger partial charge on any atom is 0.327 e. The van der Waals surface area contributed by atoms with E-state index in [4.69, 9.17) is 10.5 Å². The minimum absolute atomic E-state index is 0.306. The largest absolute Gasteiger partial charge is 0.465 e. The maximum atomic E-state index is 11.8. The van der Waals surface area contributed by atoms with Gasteiger partial charge in [-0.15, -0.1) is 0 Å². The van der Waals surface area contributed by atoms with Gasteiger partial charge in [0, 0.05) is 38.8 Å². The summed E-state index contributed by atoms with van der Waals surface area (Å²) in [5.74, 6) is -0.306. The second kappa shape index (κ2) is 7.22. The number of carbonyl (C=O) groups excluding carboxylic acids is 1. The highest BCUT2D eigenvalue weighted by molar-refractivity contribution is 5.80. The second-order valence-corrected chi connectivity index (χ2v) is 5.71. The quantitative estimate of drug-likeness (QED) is 0.720. The number of esters is 1. The van der Waals surface area contributed by atoms with Gasteiger partial charge < -0.3 is 10.5 Å². The molecule has 0 radical (unpaired) electrons. The minimum atomic E-state index is -0.908. The van der Waals surface area contributed by atoms with E-state index < -0.39 is 5.54 Å². The summed E-state index contributed by atoms with van der Waals surface area (Å²) in [5.41, 5.74) is 5.16. The predicted octanol–water partition coefficient (Wildman–Crippen LogP) is 0.683. The van der Waals surface area contributed by atoms with Gasteiger partial charge in [0.05, 0.1) is 6.61 Å². The van der Waals surface area contributed by atoms with Gasteiger partial charge in [-0.05, 0) is 27.2 Å². The van der Waals surface area contributed by atoms with Crippen molar-refractivity contribution in [3.05, 3.63) is 0 Å². The zero-order valence-electron chi connectivity index (χ0n) is 12.8. The van der Waals surface area contributed by atoms with Crippen LogP contribution in [0.4, 0.5) is 0 Å². The van der Waals surface area contributed by atoms with Crippen molar-refractivity contribution in [3.63, 3.8) is 0 Å². The molecule has 1 rings (SSSR count). The molecule has 1 aliphatic rings. The Morgan fingerprint density at radius 2 is 1.89 bits per heavy atom. The van der Waals surface area contributed by atoms with Crippen LogP contribution < -0.4 is 5.73 Å². The van der Waals surface area contributed by atoms with Gasteiger partial charge >= 0.3 is 5.97 Å². The zero-order valence-corrected chi connectivity index (χ0v) is 12.8. The van der Waals surface area contributed by atoms with Crippen LogP contribution in [-0.4, -0.2) is 66.7 Å². The van der Waals surface area contributed by atoms with Crippen LogP contribution in [0.25, 0.3) is 0 Å². The fraction of sp³-hybridized carbons (Fsp3) is 0.929. The molecule has 1 saturated heterocycles. The number of rotatable bonds is 6. The van der Waals surface area contributed by atoms with Crippen LogP contribution in [0.1, 0.15) is 34.1 Å². The van der Waals surface area contributed by atoms with Crippen LogP contribution in [0.5, 0.6) is 0 Å². The van der Waals surface area contributed by atoms with Crippen molar-refractivity contribution in [1.82, 2.24) is 9.80 Å². The summed E-state index contributed by atoms with van der Waals surface area (Å²) < 4.78 is 5.02. The van der Waals surface area contributed by atoms with E-state index in [0.29, 0.717) is 19.2 Å². The first kappa shape index (κ1) is 16.4. The van der Waals surface area contributed by atoms with Gasteiger partial charge in [0.15, 0.2) is 0 Å². The van der Waals surface area contributed by atoms with Crippen molar-refractivity contribution < 1.29 is 9.53 Å². The molecule has 2 atom stereocenters. The Bertz CT molecular complexity index is 286. The summed E-state index contributed by atoms with van der Waals surface area (Å²) in [6.07, 6.45) is 1.18. The average molecular weight is 271 g/mol. The molecule has 0 aromatic heterocycles. The summed E-state index contributed by atoms with van der Waals surface area (Å²) in [5, 5.41) is 0. The molecule has 0 amide bonds. The molecule has 1 fully saturated rings. The van der Waals surface area contributed by atoms with E-state index in [1.54, 1.807) is 13.8 Å². The molecule has 1 aliphatic heterocycles. The summed E-state index contributed by atoms with van der Waals surface area (Å²) in [4.78, 5) is 16.5. The van der Waals surface area contributed by atoms with E-state index in [1.807, 2.05) is 0 Å². The molecule has 112 valence electrons. The number of nitrogens with zero attached hydrogens (tertiary/aromatic N) is 2. The Morgan fingerprint density at radius 3 is 2.37 bits per heavy atom. The van der Waals surface area contributed by atoms with Crippen molar-refractivity contribution >= 4 is 5.97 Å². The van der Waals surface area contributed by atoms with Crippen molar-refractivity contribution in [2.75, 3.05) is 39.3 Å². The lowest BCUT2D eigenvalue weighted by Crippen LogP contribution is -2.58. The Labute approximate surface area is 117 Å². The van der Waals surface area contributed by atoms with Gasteiger partial charge in [0.2, 0.25) is 0 Å². The van der Waals surface area contributed by atoms with Gasteiger partial charge in [-0.2, -0.15) is 0 Å². The average Bonchev–Trinajstić information content (AvgIpc) is 2.38. The molecular weight excluding hydrogens is 242 g/mol. The number of nitrogens with two attached hydrogens (primary N) is 1. The maximum absolute atomic E-state index is 11.8. The number of carbonyl (C=O) groups is 1. The molecule has 1 heterocycles. The SMILES string of the molecule is CCOC(=O)C(C)(N)CN1CCN(C(C)CC)CC1. The van der Waals surface area contributed by atoms with Crippen LogP contribution in [0.15, 0.2) is 0 Å². The third-order valence-electron chi connectivity index (χ3n) is 3.91. The van der Waals surface area contributed by atoms with Crippen molar-refractivity contribution in [1.29, 1.82) is 0 Å². The van der Waals surface area contributed by atoms with Gasteiger partial charge in [-0.3, -0.25) is 14.6 Å². The molecule has 5 heteroatoms. The number of piperazine rings is 1. The highest BCUT2D eigenvalue weighted by atomic mass is 16.5. The van der Waals surface area contributed by atoms with Crippen LogP contribution in [0.3, 0.4) is 0 Å². The van der Waals surface area contributed by atoms with E-state index in [9.17, 15) is 4.79 Å². The lowest BCUT2D eigenvalue weighted by Gasteiger charge is -2.40. The van der Waals surface area contributed by atoms with E-state index in [-0.39, 0.29) is 5.97 Å². The second-order valence-electron chi connectivity index (χ2n) is 5.71. The Morgan fingerprint density at radius 1 is 1.32 bits per heavy atom. The molecule has 0 aromatic carbocycles. The first-order valence-electron chi connectivity index (χ1n) is 7.33. The smallest absolute Gasteiger partial charge is 0.327 e. The fourth-order valence-electron chi connectivity index (χ4n) is 2.45. The highest BCUT2D eigenvalue weighted by Gasteiger charge is 2.33. The van der Waals surface area contributed by atoms with Crippen molar-refractivity contribution in [2.45, 2.75) is 45.7 Å². The fourth-order valence-corrected chi connectivity index (χ4v) is 2.45. The summed E-state index contributed by atoms with van der Waals surface area (Å²) in [6, 6.07) is 0.636. The van der Waals surface area contributed by atoms with E-state index in [2.05, 4.69) is 23.6 Å². The number of hydrogen-bond donors (Lipinski definition) is 1. The summed E-state index contributed by atoms with van der Waals surface area (Å²) in [6.45, 7) is 13.0. The predicted molar refractivity (Wildman–Crippen MR) is 77.0 cm³/mol. The third kappa shape index (κ3) is 4.75. The van der Waals surface area contributed by atoms with Gasteiger partial charge in [-0.25, -0.2) is 0 Å². The lowest BCUT2D eigenvalue weighted by molar-refractivity contribution is -0.149. The molecule has 0 aromatic rings. The van der Waals surface area contributed by atoms with Gasteiger partial charge in [0.1, 0.15) is 5.54 Å².